The number of fused-ring (bicyclic) bond motifs is 14. The molecule has 0 saturated carbocycles. The Bertz CT molecular complexity index is 3470. The van der Waals surface area contributed by atoms with Crippen molar-refractivity contribution in [1.29, 1.82) is 0 Å². The topological polar surface area (TPSA) is 6.48 Å². The van der Waals surface area contributed by atoms with E-state index in [0.29, 0.717) is 0 Å². The SMILES string of the molecule is CC1(C)c2cc(C=Cc3cccc4c(N5c6ccccc6-c6ccccc6-c6ccccc65)cccc34)ccc2-c2ccc(N3c4ccccc4-c4ccccc4-c4ccccc43)cc21. The highest BCUT2D eigenvalue weighted by Crippen LogP contribution is 2.55. The molecule has 0 amide bonds. The predicted molar refractivity (Wildman–Crippen MR) is 275 cm³/mol. The lowest BCUT2D eigenvalue weighted by Gasteiger charge is -2.29. The first-order valence-corrected chi connectivity index (χ1v) is 22.7. The summed E-state index contributed by atoms with van der Waals surface area (Å²) in [5.41, 5.74) is 24.6. The zero-order valence-corrected chi connectivity index (χ0v) is 36.3. The van der Waals surface area contributed by atoms with E-state index in [0.717, 1.165) is 0 Å². The Kier molecular flexibility index (Phi) is 8.29. The van der Waals surface area contributed by atoms with Crippen LogP contribution >= 0.6 is 0 Å². The molecule has 0 aromatic heterocycles. The van der Waals surface area contributed by atoms with Crippen LogP contribution < -0.4 is 9.80 Å². The van der Waals surface area contributed by atoms with Crippen molar-refractivity contribution in [2.75, 3.05) is 9.80 Å². The lowest BCUT2D eigenvalue weighted by molar-refractivity contribution is 0.660. The zero-order valence-electron chi connectivity index (χ0n) is 36.3. The molecule has 0 spiro atoms. The number of anilines is 6. The summed E-state index contributed by atoms with van der Waals surface area (Å²) < 4.78 is 0. The highest BCUT2D eigenvalue weighted by Gasteiger charge is 2.37. The maximum absolute atomic E-state index is 2.47. The van der Waals surface area contributed by atoms with E-state index in [1.54, 1.807) is 0 Å². The number of para-hydroxylation sites is 4. The number of rotatable bonds is 4. The fourth-order valence-corrected chi connectivity index (χ4v) is 11.1. The Morgan fingerprint density at radius 3 is 1.26 bits per heavy atom. The van der Waals surface area contributed by atoms with Gasteiger partial charge in [-0.2, -0.15) is 0 Å². The van der Waals surface area contributed by atoms with Crippen molar-refractivity contribution in [3.05, 3.63) is 241 Å². The Labute approximate surface area is 380 Å². The standard InChI is InChI=1S/C63H44N2/c1-63(2)56-39-41(34-37-49(56)50-38-36-43(40-57(50)63)64-58-28-11-7-22-52(58)45-18-3-4-19-46(45)53-23-8-12-29-59(53)64)33-35-42-17-15-27-51-44(42)26-16-32-62(51)65-60-30-13-9-24-54(60)47-20-5-6-21-48(47)55-25-10-14-31-61(55)65/h3-40H,1-2H3. The van der Waals surface area contributed by atoms with Crippen LogP contribution in [0.25, 0.3) is 78.6 Å². The molecule has 0 N–H and O–H groups in total. The summed E-state index contributed by atoms with van der Waals surface area (Å²) in [6, 6.07) is 80.6. The summed E-state index contributed by atoms with van der Waals surface area (Å²) in [5.74, 6) is 0. The molecule has 0 fully saturated rings. The molecule has 0 saturated heterocycles. The van der Waals surface area contributed by atoms with Gasteiger partial charge in [-0.1, -0.05) is 202 Å². The van der Waals surface area contributed by atoms with Gasteiger partial charge in [-0.05, 0) is 103 Å². The van der Waals surface area contributed by atoms with Gasteiger partial charge in [0, 0.05) is 38.7 Å². The van der Waals surface area contributed by atoms with E-state index in [-0.39, 0.29) is 5.41 Å². The molecule has 3 aliphatic rings. The molecule has 1 aliphatic carbocycles. The minimum atomic E-state index is -0.202. The highest BCUT2D eigenvalue weighted by atomic mass is 15.2. The molecule has 2 heteroatoms. The van der Waals surface area contributed by atoms with Crippen LogP contribution in [0.3, 0.4) is 0 Å². The molecule has 2 aliphatic heterocycles. The smallest absolute Gasteiger partial charge is 0.0540 e. The van der Waals surface area contributed by atoms with E-state index >= 15 is 0 Å². The van der Waals surface area contributed by atoms with Crippen LogP contribution in [0.2, 0.25) is 0 Å². The van der Waals surface area contributed by atoms with Crippen molar-refractivity contribution in [2.24, 2.45) is 0 Å². The summed E-state index contributed by atoms with van der Waals surface area (Å²) in [7, 11) is 0. The molecule has 0 bridgehead atoms. The normalized spacial score (nSPS) is 13.7. The summed E-state index contributed by atoms with van der Waals surface area (Å²) in [6.07, 6.45) is 4.59. The van der Waals surface area contributed by atoms with Gasteiger partial charge in [-0.15, -0.1) is 0 Å². The molecule has 0 radical (unpaired) electrons. The number of hydrogen-bond donors (Lipinski definition) is 0. The lowest BCUT2D eigenvalue weighted by Crippen LogP contribution is -2.17. The quantitative estimate of drug-likeness (QED) is 0.163. The molecule has 65 heavy (non-hydrogen) atoms. The average molecular weight is 829 g/mol. The van der Waals surface area contributed by atoms with E-state index in [9.17, 15) is 0 Å². The Morgan fingerprint density at radius 1 is 0.308 bits per heavy atom. The molecule has 10 aromatic rings. The molecule has 0 atom stereocenters. The Balaban J connectivity index is 0.872. The monoisotopic (exact) mass is 828 g/mol. The van der Waals surface area contributed by atoms with Gasteiger partial charge in [0.2, 0.25) is 0 Å². The fraction of sp³-hybridized carbons (Fsp3) is 0.0476. The van der Waals surface area contributed by atoms with Crippen LogP contribution in [0.4, 0.5) is 34.1 Å². The van der Waals surface area contributed by atoms with Crippen LogP contribution in [-0.2, 0) is 5.41 Å². The minimum Gasteiger partial charge on any atom is -0.309 e. The first-order valence-electron chi connectivity index (χ1n) is 22.7. The second-order valence-electron chi connectivity index (χ2n) is 18.0. The van der Waals surface area contributed by atoms with Crippen molar-refractivity contribution in [1.82, 2.24) is 0 Å². The van der Waals surface area contributed by atoms with Crippen molar-refractivity contribution < 1.29 is 0 Å². The van der Waals surface area contributed by atoms with E-state index in [4.69, 9.17) is 0 Å². The largest absolute Gasteiger partial charge is 0.309 e. The molecular formula is C63H44N2. The number of nitrogens with zero attached hydrogens (tertiary/aromatic N) is 2. The van der Waals surface area contributed by atoms with Crippen LogP contribution in [-0.4, -0.2) is 0 Å². The van der Waals surface area contributed by atoms with Crippen molar-refractivity contribution >= 4 is 57.0 Å². The van der Waals surface area contributed by atoms with Gasteiger partial charge in [0.1, 0.15) is 0 Å². The first kappa shape index (κ1) is 37.4. The minimum absolute atomic E-state index is 0.202. The second-order valence-corrected chi connectivity index (χ2v) is 18.0. The van der Waals surface area contributed by atoms with Crippen molar-refractivity contribution in [2.45, 2.75) is 19.3 Å². The fourth-order valence-electron chi connectivity index (χ4n) is 11.1. The third kappa shape index (κ3) is 5.67. The molecule has 306 valence electrons. The molecule has 10 aromatic carbocycles. The Morgan fingerprint density at radius 2 is 0.723 bits per heavy atom. The zero-order chi connectivity index (χ0) is 43.2. The van der Waals surface area contributed by atoms with Gasteiger partial charge < -0.3 is 9.80 Å². The maximum atomic E-state index is 2.47. The van der Waals surface area contributed by atoms with Gasteiger partial charge in [0.25, 0.3) is 0 Å². The summed E-state index contributed by atoms with van der Waals surface area (Å²) in [4.78, 5) is 4.94. The average Bonchev–Trinajstić information content (AvgIpc) is 3.44. The van der Waals surface area contributed by atoms with Gasteiger partial charge >= 0.3 is 0 Å². The summed E-state index contributed by atoms with van der Waals surface area (Å²) in [6.45, 7) is 4.78. The molecular weight excluding hydrogens is 785 g/mol. The Hall–Kier alpha value is -8.20. The van der Waals surface area contributed by atoms with Gasteiger partial charge in [0.15, 0.2) is 0 Å². The van der Waals surface area contributed by atoms with E-state index in [2.05, 4.69) is 254 Å². The maximum Gasteiger partial charge on any atom is 0.0540 e. The van der Waals surface area contributed by atoms with Gasteiger partial charge in [-0.25, -0.2) is 0 Å². The van der Waals surface area contributed by atoms with Crippen LogP contribution in [0.15, 0.2) is 218 Å². The third-order valence-electron chi connectivity index (χ3n) is 14.2. The summed E-state index contributed by atoms with van der Waals surface area (Å²) >= 11 is 0. The van der Waals surface area contributed by atoms with Crippen molar-refractivity contribution in [3.8, 4) is 55.6 Å². The summed E-state index contributed by atoms with van der Waals surface area (Å²) in [5, 5.41) is 2.43. The van der Waals surface area contributed by atoms with Crippen molar-refractivity contribution in [3.63, 3.8) is 0 Å². The van der Waals surface area contributed by atoms with Gasteiger partial charge in [-0.3, -0.25) is 0 Å². The van der Waals surface area contributed by atoms with Gasteiger partial charge in [0.05, 0.1) is 28.4 Å². The molecule has 2 heterocycles. The van der Waals surface area contributed by atoms with E-state index in [1.807, 2.05) is 0 Å². The third-order valence-corrected chi connectivity index (χ3v) is 14.2. The molecule has 0 unspecified atom stereocenters. The molecule has 13 rings (SSSR count). The van der Waals surface area contributed by atoms with Crippen LogP contribution in [0.1, 0.15) is 36.1 Å². The second kappa shape index (κ2) is 14.4. The highest BCUT2D eigenvalue weighted by molar-refractivity contribution is 6.09. The van der Waals surface area contributed by atoms with E-state index < -0.39 is 0 Å². The number of benzene rings is 10. The lowest BCUT2D eigenvalue weighted by atomic mass is 9.81. The van der Waals surface area contributed by atoms with E-state index in [1.165, 1.54) is 123 Å². The predicted octanol–water partition coefficient (Wildman–Crippen LogP) is 17.6. The first-order chi connectivity index (χ1) is 32.0. The number of hydrogen-bond acceptors (Lipinski definition) is 2. The van der Waals surface area contributed by atoms with Crippen LogP contribution in [0, 0.1) is 0 Å². The van der Waals surface area contributed by atoms with Crippen LogP contribution in [0.5, 0.6) is 0 Å². The molecule has 2 nitrogen and oxygen atoms in total.